The van der Waals surface area contributed by atoms with Crippen molar-refractivity contribution >= 4 is 11.8 Å². The Kier molecular flexibility index (Phi) is 7.97. The van der Waals surface area contributed by atoms with E-state index in [0.717, 1.165) is 22.5 Å². The zero-order valence-electron chi connectivity index (χ0n) is 20.2. The molecule has 8 nitrogen and oxygen atoms in total. The van der Waals surface area contributed by atoms with Gasteiger partial charge >= 0.3 is 0 Å². The van der Waals surface area contributed by atoms with Crippen molar-refractivity contribution in [2.45, 2.75) is 27.0 Å². The zero-order valence-corrected chi connectivity index (χ0v) is 20.2. The first-order valence-electron chi connectivity index (χ1n) is 11.5. The summed E-state index contributed by atoms with van der Waals surface area (Å²) in [6, 6.07) is 26.0. The van der Waals surface area contributed by atoms with Crippen LogP contribution in [0.15, 0.2) is 84.9 Å². The van der Waals surface area contributed by atoms with E-state index in [0.29, 0.717) is 30.2 Å². The molecule has 2 N–H and O–H groups in total. The second-order valence-electron chi connectivity index (χ2n) is 8.32. The van der Waals surface area contributed by atoms with Crippen molar-refractivity contribution in [3.63, 3.8) is 0 Å². The number of nitrogens with zero attached hydrogens (tertiary/aromatic N) is 2. The molecular weight excluding hydrogens is 456 g/mol. The van der Waals surface area contributed by atoms with E-state index in [1.165, 1.54) is 0 Å². The molecule has 0 spiro atoms. The van der Waals surface area contributed by atoms with E-state index in [9.17, 15) is 9.59 Å². The largest absolute Gasteiger partial charge is 0.489 e. The number of benzene rings is 3. The minimum Gasteiger partial charge on any atom is -0.489 e. The first-order valence-corrected chi connectivity index (χ1v) is 11.5. The third-order valence-corrected chi connectivity index (χ3v) is 5.41. The molecule has 0 unspecified atom stereocenters. The number of hydrogen-bond donors (Lipinski definition) is 2. The van der Waals surface area contributed by atoms with Gasteiger partial charge in [0, 0.05) is 11.3 Å². The van der Waals surface area contributed by atoms with Crippen LogP contribution in [0.25, 0.3) is 0 Å². The Labute approximate surface area is 209 Å². The number of hydrazine groups is 1. The van der Waals surface area contributed by atoms with Crippen LogP contribution in [-0.2, 0) is 17.9 Å². The number of rotatable bonds is 9. The number of carbonyl (C=O) groups is 2. The van der Waals surface area contributed by atoms with Gasteiger partial charge in [-0.1, -0.05) is 42.5 Å². The van der Waals surface area contributed by atoms with Crippen molar-refractivity contribution in [1.29, 1.82) is 0 Å². The van der Waals surface area contributed by atoms with Crippen LogP contribution in [-0.4, -0.2) is 28.2 Å². The molecule has 2 amide bonds. The molecule has 0 aliphatic rings. The molecule has 0 fully saturated rings. The summed E-state index contributed by atoms with van der Waals surface area (Å²) in [6.07, 6.45) is 0. The molecule has 0 saturated heterocycles. The van der Waals surface area contributed by atoms with Gasteiger partial charge in [0.2, 0.25) is 0 Å². The van der Waals surface area contributed by atoms with E-state index in [1.54, 1.807) is 36.4 Å². The van der Waals surface area contributed by atoms with Crippen LogP contribution < -0.4 is 20.3 Å². The molecule has 36 heavy (non-hydrogen) atoms. The van der Waals surface area contributed by atoms with Crippen molar-refractivity contribution in [3.05, 3.63) is 113 Å². The third kappa shape index (κ3) is 6.96. The van der Waals surface area contributed by atoms with Gasteiger partial charge < -0.3 is 9.47 Å². The maximum Gasteiger partial charge on any atom is 0.276 e. The van der Waals surface area contributed by atoms with E-state index in [-0.39, 0.29) is 6.61 Å². The lowest BCUT2D eigenvalue weighted by molar-refractivity contribution is -0.123. The summed E-state index contributed by atoms with van der Waals surface area (Å²) in [6.45, 7) is 4.80. The Hall–Kier alpha value is -4.59. The molecule has 4 rings (SSSR count). The molecule has 4 aromatic rings. The lowest BCUT2D eigenvalue weighted by Gasteiger charge is -2.10. The first-order chi connectivity index (χ1) is 17.5. The van der Waals surface area contributed by atoms with Gasteiger partial charge in [0.05, 0.1) is 12.2 Å². The van der Waals surface area contributed by atoms with Gasteiger partial charge in [-0.25, -0.2) is 0 Å². The molecule has 8 heteroatoms. The molecular formula is C28H28N4O4. The molecule has 0 aliphatic carbocycles. The molecule has 0 bridgehead atoms. The Morgan fingerprint density at radius 3 is 2.11 bits per heavy atom. The molecule has 1 aromatic heterocycles. The minimum absolute atomic E-state index is 0.244. The van der Waals surface area contributed by atoms with Gasteiger partial charge in [-0.05, 0) is 67.4 Å². The standard InChI is InChI=1S/C28H28N4O4/c1-20-16-21(2)32(31-20)17-22-8-10-24(11-9-22)28(34)30-29-27(33)19-36-26-14-12-25(13-15-26)35-18-23-6-4-3-5-7-23/h3-16H,17-19H2,1-2H3,(H,29,33)(H,30,34). The number of nitrogens with one attached hydrogen (secondary N) is 2. The van der Waals surface area contributed by atoms with Crippen molar-refractivity contribution in [3.8, 4) is 11.5 Å². The van der Waals surface area contributed by atoms with Crippen LogP contribution >= 0.6 is 0 Å². The summed E-state index contributed by atoms with van der Waals surface area (Å²) < 4.78 is 13.1. The number of hydrogen-bond acceptors (Lipinski definition) is 5. The molecule has 0 radical (unpaired) electrons. The number of carbonyl (C=O) groups excluding carboxylic acids is 2. The molecule has 0 saturated carbocycles. The van der Waals surface area contributed by atoms with Gasteiger partial charge in [0.25, 0.3) is 11.8 Å². The predicted molar refractivity (Wildman–Crippen MR) is 136 cm³/mol. The summed E-state index contributed by atoms with van der Waals surface area (Å²) in [5, 5.41) is 4.45. The molecule has 1 heterocycles. The maximum atomic E-state index is 12.4. The summed E-state index contributed by atoms with van der Waals surface area (Å²) in [5.74, 6) is 0.320. The average Bonchev–Trinajstić information content (AvgIpc) is 3.22. The van der Waals surface area contributed by atoms with Crippen LogP contribution in [0.3, 0.4) is 0 Å². The van der Waals surface area contributed by atoms with E-state index in [2.05, 4.69) is 16.0 Å². The van der Waals surface area contributed by atoms with Gasteiger partial charge in [-0.15, -0.1) is 0 Å². The summed E-state index contributed by atoms with van der Waals surface area (Å²) in [4.78, 5) is 24.4. The number of aryl methyl sites for hydroxylation is 2. The highest BCUT2D eigenvalue weighted by molar-refractivity contribution is 5.95. The highest BCUT2D eigenvalue weighted by atomic mass is 16.5. The quantitative estimate of drug-likeness (QED) is 0.351. The summed E-state index contributed by atoms with van der Waals surface area (Å²) in [5.41, 5.74) is 9.33. The Balaban J connectivity index is 1.18. The van der Waals surface area contributed by atoms with Crippen LogP contribution in [0.2, 0.25) is 0 Å². The summed E-state index contributed by atoms with van der Waals surface area (Å²) in [7, 11) is 0. The van der Waals surface area contributed by atoms with Crippen molar-refractivity contribution in [2.24, 2.45) is 0 Å². The Morgan fingerprint density at radius 1 is 0.806 bits per heavy atom. The van der Waals surface area contributed by atoms with Crippen molar-refractivity contribution < 1.29 is 19.1 Å². The third-order valence-electron chi connectivity index (χ3n) is 5.41. The van der Waals surface area contributed by atoms with Crippen LogP contribution in [0.5, 0.6) is 11.5 Å². The van der Waals surface area contributed by atoms with Gasteiger partial charge in [-0.3, -0.25) is 25.1 Å². The summed E-state index contributed by atoms with van der Waals surface area (Å²) >= 11 is 0. The SMILES string of the molecule is Cc1cc(C)n(Cc2ccc(C(=O)NNC(=O)COc3ccc(OCc4ccccc4)cc3)cc2)n1. The second-order valence-corrected chi connectivity index (χ2v) is 8.32. The average molecular weight is 485 g/mol. The van der Waals surface area contributed by atoms with Gasteiger partial charge in [0.15, 0.2) is 6.61 Å². The fourth-order valence-electron chi connectivity index (χ4n) is 3.53. The molecule has 0 aliphatic heterocycles. The highest BCUT2D eigenvalue weighted by Crippen LogP contribution is 2.18. The van der Waals surface area contributed by atoms with Gasteiger partial charge in [0.1, 0.15) is 18.1 Å². The monoisotopic (exact) mass is 484 g/mol. The van der Waals surface area contributed by atoms with Crippen LogP contribution in [0, 0.1) is 13.8 Å². The van der Waals surface area contributed by atoms with E-state index in [4.69, 9.17) is 9.47 Å². The van der Waals surface area contributed by atoms with Crippen molar-refractivity contribution in [2.75, 3.05) is 6.61 Å². The highest BCUT2D eigenvalue weighted by Gasteiger charge is 2.09. The smallest absolute Gasteiger partial charge is 0.276 e. The van der Waals surface area contributed by atoms with Crippen molar-refractivity contribution in [1.82, 2.24) is 20.6 Å². The lowest BCUT2D eigenvalue weighted by atomic mass is 10.1. The molecule has 3 aromatic carbocycles. The fraction of sp³-hybridized carbons (Fsp3) is 0.179. The fourth-order valence-corrected chi connectivity index (χ4v) is 3.53. The van der Waals surface area contributed by atoms with E-state index in [1.807, 2.05) is 67.1 Å². The molecule has 0 atom stereocenters. The normalized spacial score (nSPS) is 10.5. The maximum absolute atomic E-state index is 12.4. The number of ether oxygens (including phenoxy) is 2. The predicted octanol–water partition coefficient (Wildman–Crippen LogP) is 3.97. The minimum atomic E-state index is -0.478. The van der Waals surface area contributed by atoms with Crippen LogP contribution in [0.4, 0.5) is 0 Å². The number of amides is 2. The van der Waals surface area contributed by atoms with E-state index < -0.39 is 11.8 Å². The first kappa shape index (κ1) is 24.5. The molecule has 184 valence electrons. The van der Waals surface area contributed by atoms with Crippen LogP contribution in [0.1, 0.15) is 32.9 Å². The zero-order chi connectivity index (χ0) is 25.3. The van der Waals surface area contributed by atoms with Gasteiger partial charge in [-0.2, -0.15) is 5.10 Å². The van der Waals surface area contributed by atoms with E-state index >= 15 is 0 Å². The Morgan fingerprint density at radius 2 is 1.47 bits per heavy atom. The lowest BCUT2D eigenvalue weighted by Crippen LogP contribution is -2.43. The Bertz CT molecular complexity index is 1300. The second kappa shape index (κ2) is 11.7. The topological polar surface area (TPSA) is 94.5 Å². The number of aromatic nitrogens is 2.